The van der Waals surface area contributed by atoms with Gasteiger partial charge >= 0.3 is 0 Å². The molecule has 6 rings (SSSR count). The fourth-order valence-corrected chi connectivity index (χ4v) is 12.0. The molecule has 8 heteroatoms. The van der Waals surface area contributed by atoms with Crippen LogP contribution >= 0.6 is 0 Å². The Kier molecular flexibility index (Phi) is 7.49. The monoisotopic (exact) mass is 614 g/mol. The highest BCUT2D eigenvalue weighted by molar-refractivity contribution is 5.91. The lowest BCUT2D eigenvalue weighted by Gasteiger charge is -2.70. The van der Waals surface area contributed by atoms with E-state index in [0.717, 1.165) is 44.9 Å². The summed E-state index contributed by atoms with van der Waals surface area (Å²) >= 11 is 0. The molecule has 0 amide bonds. The van der Waals surface area contributed by atoms with Gasteiger partial charge in [-0.15, -0.1) is 0 Å². The summed E-state index contributed by atoms with van der Waals surface area (Å²) in [6, 6.07) is 0. The van der Waals surface area contributed by atoms with Gasteiger partial charge in [0.15, 0.2) is 5.78 Å². The number of hydrogen-bond donors (Lipinski definition) is 3. The molecule has 8 nitrogen and oxygen atoms in total. The molecule has 1 heterocycles. The van der Waals surface area contributed by atoms with E-state index in [-0.39, 0.29) is 45.2 Å². The average molecular weight is 615 g/mol. The fraction of sp³-hybridized carbons (Fsp3) is 0.861. The minimum absolute atomic E-state index is 0.0135. The molecule has 0 aromatic heterocycles. The molecule has 12 atom stereocenters. The Balaban J connectivity index is 1.40. The molecule has 3 N–H and O–H groups in total. The van der Waals surface area contributed by atoms with E-state index in [1.807, 2.05) is 0 Å². The maximum atomic E-state index is 14.7. The Bertz CT molecular complexity index is 1250. The molecule has 6 aliphatic rings. The van der Waals surface area contributed by atoms with Crippen molar-refractivity contribution >= 4 is 18.0 Å². The topological polar surface area (TPSA) is 130 Å². The summed E-state index contributed by atoms with van der Waals surface area (Å²) in [5.74, 6) is 0.901. The van der Waals surface area contributed by atoms with Crippen molar-refractivity contribution in [3.8, 4) is 0 Å². The Labute approximate surface area is 262 Å². The lowest BCUT2D eigenvalue weighted by atomic mass is 9.33. The molecule has 5 aliphatic carbocycles. The first kappa shape index (κ1) is 32.3. The van der Waals surface area contributed by atoms with Gasteiger partial charge in [-0.25, -0.2) is 0 Å². The maximum absolute atomic E-state index is 14.7. The summed E-state index contributed by atoms with van der Waals surface area (Å²) in [5, 5.41) is 32.0. The fourth-order valence-electron chi connectivity index (χ4n) is 12.0. The lowest BCUT2D eigenvalue weighted by Crippen LogP contribution is -2.67. The summed E-state index contributed by atoms with van der Waals surface area (Å²) in [7, 11) is 0. The van der Waals surface area contributed by atoms with Gasteiger partial charge < -0.3 is 24.8 Å². The quantitative estimate of drug-likeness (QED) is 0.301. The number of aliphatic hydroxyl groups is 3. The zero-order chi connectivity index (χ0) is 32.3. The average Bonchev–Trinajstić information content (AvgIpc) is 2.95. The zero-order valence-electron chi connectivity index (χ0n) is 27.7. The van der Waals surface area contributed by atoms with Gasteiger partial charge in [0.2, 0.25) is 6.29 Å². The smallest absolute Gasteiger partial charge is 0.295 e. The van der Waals surface area contributed by atoms with Crippen LogP contribution in [0, 0.1) is 50.2 Å². The number of Topliss-reactive ketones (excluding diaryl/α,β-unsaturated/α-hetero) is 2. The van der Waals surface area contributed by atoms with Crippen molar-refractivity contribution in [1.82, 2.24) is 0 Å². The van der Waals surface area contributed by atoms with Crippen LogP contribution in [-0.4, -0.2) is 64.1 Å². The van der Waals surface area contributed by atoms with Gasteiger partial charge in [0.05, 0.1) is 0 Å². The molecule has 0 bridgehead atoms. The number of fused-ring (bicyclic) bond motifs is 7. The highest BCUT2D eigenvalue weighted by Gasteiger charge is 2.70. The molecule has 5 fully saturated rings. The van der Waals surface area contributed by atoms with Crippen molar-refractivity contribution in [3.63, 3.8) is 0 Å². The summed E-state index contributed by atoms with van der Waals surface area (Å²) < 4.78 is 10.7. The normalized spacial score (nSPS) is 51.0. The number of ketones is 2. The van der Waals surface area contributed by atoms with Gasteiger partial charge in [-0.1, -0.05) is 60.1 Å². The van der Waals surface area contributed by atoms with Crippen LogP contribution in [0.2, 0.25) is 0 Å². The first-order valence-corrected chi connectivity index (χ1v) is 17.0. The number of carbonyl (C=O) groups excluding carboxylic acids is 3. The molecule has 0 radical (unpaired) electrons. The highest BCUT2D eigenvalue weighted by Crippen LogP contribution is 2.75. The summed E-state index contributed by atoms with van der Waals surface area (Å²) in [6.45, 7) is 16.4. The highest BCUT2D eigenvalue weighted by atomic mass is 16.7. The van der Waals surface area contributed by atoms with E-state index in [0.29, 0.717) is 36.9 Å². The number of ether oxygens (including phenoxy) is 2. The van der Waals surface area contributed by atoms with Crippen LogP contribution in [0.1, 0.15) is 113 Å². The van der Waals surface area contributed by atoms with Crippen molar-refractivity contribution in [2.75, 3.05) is 0 Å². The van der Waals surface area contributed by atoms with Crippen LogP contribution in [0.5, 0.6) is 0 Å². The van der Waals surface area contributed by atoms with E-state index in [4.69, 9.17) is 9.47 Å². The van der Waals surface area contributed by atoms with Crippen molar-refractivity contribution in [2.24, 2.45) is 50.2 Å². The van der Waals surface area contributed by atoms with Crippen molar-refractivity contribution in [3.05, 3.63) is 11.6 Å². The standard InChI is InChI=1S/C36H54O8/c1-31(2)14-16-36(29(42)28-26(40)25(39)27(41)30(44-28)43-19-37)17-15-34(6)20(21(36)18-31)8-9-23-33(5)12-11-24(38)32(3,4)22(33)10-13-35(23,34)7/h8,19,21-23,25-28,30,39-41H,9-18H2,1-7H3/t21?,22?,23?,25-,26?,27+,28-,30?,33+,34-,35-,36+/m1/s1. The molecular formula is C36H54O8. The molecule has 1 aliphatic heterocycles. The first-order chi connectivity index (χ1) is 20.4. The van der Waals surface area contributed by atoms with Crippen LogP contribution in [0.3, 0.4) is 0 Å². The van der Waals surface area contributed by atoms with Gasteiger partial charge in [0.25, 0.3) is 6.47 Å². The lowest BCUT2D eigenvalue weighted by molar-refractivity contribution is -0.281. The molecular weight excluding hydrogens is 560 g/mol. The van der Waals surface area contributed by atoms with Gasteiger partial charge in [0, 0.05) is 17.3 Å². The van der Waals surface area contributed by atoms with Crippen LogP contribution < -0.4 is 0 Å². The van der Waals surface area contributed by atoms with Crippen molar-refractivity contribution < 1.29 is 39.2 Å². The molecule has 44 heavy (non-hydrogen) atoms. The largest absolute Gasteiger partial charge is 0.435 e. The molecule has 246 valence electrons. The third-order valence-electron chi connectivity index (χ3n) is 14.9. The summed E-state index contributed by atoms with van der Waals surface area (Å²) in [5.41, 5.74) is 0.240. The van der Waals surface area contributed by atoms with Crippen LogP contribution in [0.15, 0.2) is 11.6 Å². The van der Waals surface area contributed by atoms with Crippen LogP contribution in [0.25, 0.3) is 0 Å². The van der Waals surface area contributed by atoms with Gasteiger partial charge in [-0.2, -0.15) is 0 Å². The van der Waals surface area contributed by atoms with Crippen molar-refractivity contribution in [1.29, 1.82) is 0 Å². The third kappa shape index (κ3) is 4.18. The first-order valence-electron chi connectivity index (χ1n) is 17.0. The molecule has 0 aromatic rings. The third-order valence-corrected chi connectivity index (χ3v) is 14.9. The second-order valence-electron chi connectivity index (χ2n) is 17.5. The maximum Gasteiger partial charge on any atom is 0.295 e. The number of aliphatic hydroxyl groups excluding tert-OH is 3. The number of carbonyl (C=O) groups is 3. The van der Waals surface area contributed by atoms with Crippen LogP contribution in [0.4, 0.5) is 0 Å². The summed E-state index contributed by atoms with van der Waals surface area (Å²) in [6.07, 6.45) is 3.00. The Morgan fingerprint density at radius 3 is 2.27 bits per heavy atom. The van der Waals surface area contributed by atoms with E-state index in [1.165, 1.54) is 5.57 Å². The number of rotatable bonds is 4. The SMILES string of the molecule is CC1(C)CC[C@]2(C(=O)[C@@H]3OC(OC=O)[C@@H](O)[C@H](O)C3O)CC[C@]3(C)C(=CCC4[C@@]5(C)CCC(=O)C(C)(C)C5CC[C@]43C)C2C1. The van der Waals surface area contributed by atoms with Gasteiger partial charge in [-0.05, 0) is 97.2 Å². The van der Waals surface area contributed by atoms with E-state index in [1.54, 1.807) is 0 Å². The van der Waals surface area contributed by atoms with Gasteiger partial charge in [0.1, 0.15) is 30.2 Å². The minimum atomic E-state index is -1.68. The molecule has 4 saturated carbocycles. The Hall–Kier alpha value is -1.61. The molecule has 1 saturated heterocycles. The number of hydrogen-bond acceptors (Lipinski definition) is 8. The van der Waals surface area contributed by atoms with E-state index < -0.39 is 36.1 Å². The van der Waals surface area contributed by atoms with E-state index in [9.17, 15) is 29.7 Å². The number of allylic oxidation sites excluding steroid dienone is 2. The van der Waals surface area contributed by atoms with Gasteiger partial charge in [-0.3, -0.25) is 14.4 Å². The van der Waals surface area contributed by atoms with Crippen molar-refractivity contribution in [2.45, 2.75) is 143 Å². The van der Waals surface area contributed by atoms with Crippen LogP contribution in [-0.2, 0) is 23.9 Å². The molecule has 0 aromatic carbocycles. The minimum Gasteiger partial charge on any atom is -0.435 e. The Morgan fingerprint density at radius 1 is 0.909 bits per heavy atom. The van der Waals surface area contributed by atoms with E-state index >= 15 is 0 Å². The second kappa shape index (κ2) is 10.2. The zero-order valence-corrected chi connectivity index (χ0v) is 27.7. The molecule has 5 unspecified atom stereocenters. The predicted molar refractivity (Wildman–Crippen MR) is 163 cm³/mol. The van der Waals surface area contributed by atoms with E-state index in [2.05, 4.69) is 54.5 Å². The summed E-state index contributed by atoms with van der Waals surface area (Å²) in [4.78, 5) is 38.9. The second-order valence-corrected chi connectivity index (χ2v) is 17.5. The Morgan fingerprint density at radius 2 is 1.59 bits per heavy atom. The molecule has 0 spiro atoms. The predicted octanol–water partition coefficient (Wildman–Crippen LogP) is 4.91.